The number of aryl methyl sites for hydroxylation is 2. The Labute approximate surface area is 167 Å². The van der Waals surface area contributed by atoms with Gasteiger partial charge >= 0.3 is 0 Å². The molecular weight excluding hydrogens is 374 g/mol. The van der Waals surface area contributed by atoms with Gasteiger partial charge in [-0.3, -0.25) is 4.79 Å². The predicted octanol–water partition coefficient (Wildman–Crippen LogP) is 1.66. The van der Waals surface area contributed by atoms with E-state index < -0.39 is 0 Å². The summed E-state index contributed by atoms with van der Waals surface area (Å²) < 4.78 is 12.7. The van der Waals surface area contributed by atoms with Gasteiger partial charge in [0.05, 0.1) is 7.11 Å². The Balaban J connectivity index is 1.35. The van der Waals surface area contributed by atoms with Gasteiger partial charge in [0.1, 0.15) is 6.10 Å². The minimum Gasteiger partial charge on any atom is -0.477 e. The molecule has 4 rings (SSSR count). The van der Waals surface area contributed by atoms with Gasteiger partial charge in [-0.15, -0.1) is 5.10 Å². The Hall–Kier alpha value is -3.30. The van der Waals surface area contributed by atoms with Gasteiger partial charge in [0.15, 0.2) is 0 Å². The van der Waals surface area contributed by atoms with Crippen LogP contribution in [0.1, 0.15) is 47.7 Å². The van der Waals surface area contributed by atoms with Crippen LogP contribution in [-0.2, 0) is 0 Å². The van der Waals surface area contributed by atoms with Crippen molar-refractivity contribution in [2.45, 2.75) is 51.7 Å². The van der Waals surface area contributed by atoms with Gasteiger partial charge in [0.25, 0.3) is 23.4 Å². The zero-order chi connectivity index (χ0) is 20.4. The Kier molecular flexibility index (Phi) is 5.24. The van der Waals surface area contributed by atoms with E-state index >= 15 is 0 Å². The zero-order valence-electron chi connectivity index (χ0n) is 16.6. The molecule has 3 aromatic heterocycles. The van der Waals surface area contributed by atoms with Crippen LogP contribution in [0.25, 0.3) is 5.78 Å². The molecule has 1 aliphatic carbocycles. The highest BCUT2D eigenvalue weighted by molar-refractivity contribution is 5.91. The molecule has 0 spiro atoms. The first kappa shape index (κ1) is 19.0. The van der Waals surface area contributed by atoms with Crippen LogP contribution in [0.15, 0.2) is 18.5 Å². The minimum absolute atomic E-state index is 0.0110. The van der Waals surface area contributed by atoms with Crippen molar-refractivity contribution >= 4 is 11.7 Å². The minimum atomic E-state index is -0.285. The van der Waals surface area contributed by atoms with E-state index in [-0.39, 0.29) is 23.9 Å². The van der Waals surface area contributed by atoms with Crippen LogP contribution >= 0.6 is 0 Å². The van der Waals surface area contributed by atoms with Crippen molar-refractivity contribution in [3.63, 3.8) is 0 Å². The Bertz CT molecular complexity index is 1030. The van der Waals surface area contributed by atoms with E-state index in [2.05, 4.69) is 30.4 Å². The summed E-state index contributed by atoms with van der Waals surface area (Å²) in [7, 11) is 1.54. The number of carbonyl (C=O) groups excluding carboxylic acids is 1. The molecule has 1 amide bonds. The molecule has 152 valence electrons. The van der Waals surface area contributed by atoms with Gasteiger partial charge in [-0.25, -0.2) is 19.5 Å². The molecule has 1 saturated carbocycles. The molecule has 1 aliphatic rings. The number of carbonyl (C=O) groups is 1. The van der Waals surface area contributed by atoms with Crippen molar-refractivity contribution in [1.82, 2.24) is 34.9 Å². The highest BCUT2D eigenvalue weighted by Gasteiger charge is 2.26. The van der Waals surface area contributed by atoms with Crippen LogP contribution in [0.3, 0.4) is 0 Å². The fourth-order valence-corrected chi connectivity index (χ4v) is 3.53. The lowest BCUT2D eigenvalue weighted by atomic mass is 9.93. The Morgan fingerprint density at radius 3 is 2.55 bits per heavy atom. The van der Waals surface area contributed by atoms with E-state index in [0.717, 1.165) is 37.1 Å². The summed E-state index contributed by atoms with van der Waals surface area (Å²) in [5, 5.41) is 7.31. The topological polar surface area (TPSA) is 116 Å². The van der Waals surface area contributed by atoms with Gasteiger partial charge in [-0.1, -0.05) is 0 Å². The second kappa shape index (κ2) is 7.98. The van der Waals surface area contributed by atoms with Gasteiger partial charge in [-0.05, 0) is 45.6 Å². The summed E-state index contributed by atoms with van der Waals surface area (Å²) in [5.74, 6) is 1.05. The maximum atomic E-state index is 12.6. The number of rotatable bonds is 5. The lowest BCUT2D eigenvalue weighted by molar-refractivity contribution is 0.0876. The van der Waals surface area contributed by atoms with Crippen molar-refractivity contribution in [2.75, 3.05) is 7.11 Å². The molecule has 0 aliphatic heterocycles. The number of nitrogens with one attached hydrogen (secondary N) is 1. The molecule has 0 aromatic carbocycles. The van der Waals surface area contributed by atoms with Crippen molar-refractivity contribution in [3.05, 3.63) is 35.7 Å². The normalized spacial score (nSPS) is 19.1. The molecule has 0 bridgehead atoms. The first-order chi connectivity index (χ1) is 14.0. The fourth-order valence-electron chi connectivity index (χ4n) is 3.53. The summed E-state index contributed by atoms with van der Waals surface area (Å²) in [4.78, 5) is 29.5. The standard InChI is InChI=1S/C19H23N7O3/c1-11-10-12(2)26-19(22-11)24-15(25-26)16(27)23-13-4-6-14(7-5-13)29-18-17(28-3)20-8-9-21-18/h8-10,13-14H,4-7H2,1-3H3,(H,23,27). The molecular formula is C19H23N7O3. The van der Waals surface area contributed by atoms with Gasteiger partial charge in [0, 0.05) is 29.8 Å². The van der Waals surface area contributed by atoms with Crippen molar-refractivity contribution < 1.29 is 14.3 Å². The van der Waals surface area contributed by atoms with E-state index in [1.165, 1.54) is 7.11 Å². The molecule has 0 unspecified atom stereocenters. The summed E-state index contributed by atoms with van der Waals surface area (Å²) in [6.45, 7) is 3.80. The first-order valence-corrected chi connectivity index (χ1v) is 9.57. The van der Waals surface area contributed by atoms with E-state index in [9.17, 15) is 4.79 Å². The van der Waals surface area contributed by atoms with E-state index in [0.29, 0.717) is 17.5 Å². The quantitative estimate of drug-likeness (QED) is 0.691. The van der Waals surface area contributed by atoms with Crippen LogP contribution in [0.5, 0.6) is 11.8 Å². The number of hydrogen-bond acceptors (Lipinski definition) is 8. The highest BCUT2D eigenvalue weighted by atomic mass is 16.5. The number of fused-ring (bicyclic) bond motifs is 1. The zero-order valence-corrected chi connectivity index (χ0v) is 16.6. The summed E-state index contributed by atoms with van der Waals surface area (Å²) in [5.41, 5.74) is 1.73. The summed E-state index contributed by atoms with van der Waals surface area (Å²) in [6.07, 6.45) is 6.32. The highest BCUT2D eigenvalue weighted by Crippen LogP contribution is 2.27. The average Bonchev–Trinajstić information content (AvgIpc) is 3.14. The third-order valence-electron chi connectivity index (χ3n) is 4.94. The first-order valence-electron chi connectivity index (χ1n) is 9.57. The molecule has 1 fully saturated rings. The van der Waals surface area contributed by atoms with Crippen molar-refractivity contribution in [1.29, 1.82) is 0 Å². The number of aromatic nitrogens is 6. The average molecular weight is 397 g/mol. The predicted molar refractivity (Wildman–Crippen MR) is 103 cm³/mol. The molecule has 0 saturated heterocycles. The molecule has 0 atom stereocenters. The van der Waals surface area contributed by atoms with Crippen molar-refractivity contribution in [3.8, 4) is 11.8 Å². The van der Waals surface area contributed by atoms with Crippen LogP contribution in [-0.4, -0.2) is 54.7 Å². The largest absolute Gasteiger partial charge is 0.477 e. The van der Waals surface area contributed by atoms with E-state index in [4.69, 9.17) is 9.47 Å². The number of ether oxygens (including phenoxy) is 2. The lowest BCUT2D eigenvalue weighted by Crippen LogP contribution is -2.40. The third-order valence-corrected chi connectivity index (χ3v) is 4.94. The molecule has 10 heteroatoms. The molecule has 3 aromatic rings. The molecule has 0 radical (unpaired) electrons. The fraction of sp³-hybridized carbons (Fsp3) is 0.474. The number of amides is 1. The smallest absolute Gasteiger partial charge is 0.291 e. The second-order valence-corrected chi connectivity index (χ2v) is 7.12. The molecule has 29 heavy (non-hydrogen) atoms. The van der Waals surface area contributed by atoms with E-state index in [1.54, 1.807) is 16.9 Å². The molecule has 1 N–H and O–H groups in total. The summed E-state index contributed by atoms with van der Waals surface area (Å²) in [6, 6.07) is 1.95. The van der Waals surface area contributed by atoms with Crippen LogP contribution in [0.2, 0.25) is 0 Å². The maximum Gasteiger partial charge on any atom is 0.291 e. The van der Waals surface area contributed by atoms with Gasteiger partial charge in [-0.2, -0.15) is 4.98 Å². The maximum absolute atomic E-state index is 12.6. The monoisotopic (exact) mass is 397 g/mol. The van der Waals surface area contributed by atoms with Crippen LogP contribution < -0.4 is 14.8 Å². The van der Waals surface area contributed by atoms with Crippen molar-refractivity contribution in [2.24, 2.45) is 0 Å². The third kappa shape index (κ3) is 4.10. The van der Waals surface area contributed by atoms with Crippen LogP contribution in [0, 0.1) is 13.8 Å². The lowest BCUT2D eigenvalue weighted by Gasteiger charge is -2.29. The number of nitrogens with zero attached hydrogens (tertiary/aromatic N) is 6. The SMILES string of the molecule is COc1nccnc1OC1CCC(NC(=O)c2nc3nc(C)cc(C)n3n2)CC1. The van der Waals surface area contributed by atoms with Gasteiger partial charge < -0.3 is 14.8 Å². The number of methoxy groups -OCH3 is 1. The number of hydrogen-bond donors (Lipinski definition) is 1. The molecule has 10 nitrogen and oxygen atoms in total. The Morgan fingerprint density at radius 2 is 1.83 bits per heavy atom. The summed E-state index contributed by atoms with van der Waals surface area (Å²) >= 11 is 0. The Morgan fingerprint density at radius 1 is 1.10 bits per heavy atom. The van der Waals surface area contributed by atoms with Crippen LogP contribution in [0.4, 0.5) is 0 Å². The van der Waals surface area contributed by atoms with Gasteiger partial charge in [0.2, 0.25) is 5.82 Å². The second-order valence-electron chi connectivity index (χ2n) is 7.12. The molecule has 3 heterocycles. The van der Waals surface area contributed by atoms with E-state index in [1.807, 2.05) is 19.9 Å².